The van der Waals surface area contributed by atoms with Crippen LogP contribution < -0.4 is 5.11 Å². The first-order valence-electron chi connectivity index (χ1n) is 13.3. The summed E-state index contributed by atoms with van der Waals surface area (Å²) in [7, 11) is 0. The number of hydrogen-bond donors (Lipinski definition) is 1. The Labute approximate surface area is 286 Å². The Morgan fingerprint density at radius 3 is 0.938 bits per heavy atom. The smallest absolute Gasteiger partial charge is 0.546 e. The summed E-state index contributed by atoms with van der Waals surface area (Å²) in [6.45, 7) is 0. The topological polar surface area (TPSA) is 241 Å². The van der Waals surface area contributed by atoms with Gasteiger partial charge in [0.05, 0.1) is 33.8 Å². The van der Waals surface area contributed by atoms with Crippen LogP contribution >= 0.6 is 0 Å². The summed E-state index contributed by atoms with van der Waals surface area (Å²) in [5, 5.41) is 36.4. The molecule has 0 aliphatic heterocycles. The van der Waals surface area contributed by atoms with E-state index < -0.39 is 16.7 Å². The third-order valence-corrected chi connectivity index (χ3v) is 5.86. The molecule has 0 spiro atoms. The molecule has 13 nitrogen and oxygen atoms in total. The maximum Gasteiger partial charge on any atom is 2.00 e. The molecule has 4 heterocycles. The van der Waals surface area contributed by atoms with E-state index in [2.05, 4.69) is 19.9 Å². The molecule has 0 saturated carbocycles. The summed E-state index contributed by atoms with van der Waals surface area (Å²) in [6.07, 6.45) is 7.07. The van der Waals surface area contributed by atoms with E-state index in [1.165, 1.54) is 0 Å². The molecule has 6 aromatic rings. The number of carboxylic acids is 1. The summed E-state index contributed by atoms with van der Waals surface area (Å²) < 4.78 is 0. The first-order valence-corrected chi connectivity index (χ1v) is 13.3. The maximum atomic E-state index is 11.3. The Morgan fingerprint density at radius 2 is 0.750 bits per heavy atom. The Morgan fingerprint density at radius 1 is 0.521 bits per heavy atom. The number of rotatable bonds is 5. The maximum absolute atomic E-state index is 11.3. The van der Waals surface area contributed by atoms with Crippen LogP contribution in [0.25, 0.3) is 22.8 Å². The number of pyridine rings is 4. The number of carbonyl (C=O) groups excluding carboxylic acids is 1. The van der Waals surface area contributed by atoms with Crippen molar-refractivity contribution in [2.75, 3.05) is 0 Å². The fraction of sp³-hybridized carbons (Fsp3) is 0.0294. The van der Waals surface area contributed by atoms with Gasteiger partial charge in [0, 0.05) is 24.8 Å². The fourth-order valence-corrected chi connectivity index (χ4v) is 3.82. The summed E-state index contributed by atoms with van der Waals surface area (Å²) in [4.78, 5) is 36.3. The van der Waals surface area contributed by atoms with Gasteiger partial charge in [0.2, 0.25) is 0 Å². The number of aromatic nitrogens is 4. The zero-order valence-corrected chi connectivity index (χ0v) is 26.0. The van der Waals surface area contributed by atoms with Crippen molar-refractivity contribution in [3.8, 4) is 22.8 Å². The van der Waals surface area contributed by atoms with Gasteiger partial charge >= 0.3 is 17.1 Å². The minimum Gasteiger partial charge on any atom is -0.546 e. The van der Waals surface area contributed by atoms with Crippen LogP contribution in [0.5, 0.6) is 0 Å². The Balaban J connectivity index is 0.000000644. The molecule has 0 atom stereocenters. The summed E-state index contributed by atoms with van der Waals surface area (Å²) in [6, 6.07) is 39.6. The summed E-state index contributed by atoms with van der Waals surface area (Å²) >= 11 is 0. The van der Waals surface area contributed by atoms with E-state index in [-0.39, 0.29) is 39.1 Å². The van der Waals surface area contributed by atoms with E-state index in [4.69, 9.17) is 15.3 Å². The SMILES string of the molecule is O.O.O=C([O-])C(O)(c1ccccc1)c1ccccc1.O=[N+]([O-])[O-].[Cu+2].c1ccc(-c2ccccn2)nc1.c1ccc(-c2ccccn2)nc1. The third-order valence-electron chi connectivity index (χ3n) is 5.86. The quantitative estimate of drug-likeness (QED) is 0.156. The first-order chi connectivity index (χ1) is 21.8. The number of aliphatic hydroxyl groups is 1. The molecule has 2 aromatic carbocycles. The standard InChI is InChI=1S/C14H12O3.2C10H8N2.Cu.NO3.2H2O/c15-13(16)14(17,11-7-3-1-4-8-11)12-9-5-2-6-10-12;2*1-3-7-11-9(5-1)10-6-2-4-8-12-10;;2-1(3)4;;/h1-10,17H,(H,15,16);2*1-8H;;;2*1H2/q;;;+2;-1;;/p-1. The van der Waals surface area contributed by atoms with Crippen LogP contribution in [0, 0.1) is 15.3 Å². The van der Waals surface area contributed by atoms with Crippen LogP contribution in [-0.2, 0) is 27.5 Å². The second kappa shape index (κ2) is 22.6. The molecule has 0 unspecified atom stereocenters. The van der Waals surface area contributed by atoms with Crippen LogP contribution in [0.4, 0.5) is 0 Å². The number of aliphatic carboxylic acids is 1. The number of nitrogens with zero attached hydrogens (tertiary/aromatic N) is 5. The minimum absolute atomic E-state index is 0. The van der Waals surface area contributed by atoms with Crippen LogP contribution in [0.2, 0.25) is 0 Å². The van der Waals surface area contributed by atoms with E-state index in [0.717, 1.165) is 22.8 Å². The number of carboxylic acid groups (broad SMARTS) is 1. The molecule has 5 N–H and O–H groups in total. The van der Waals surface area contributed by atoms with Gasteiger partial charge in [-0.15, -0.1) is 0 Å². The van der Waals surface area contributed by atoms with Crippen molar-refractivity contribution in [3.05, 3.63) is 185 Å². The van der Waals surface area contributed by atoms with E-state index in [0.29, 0.717) is 0 Å². The average Bonchev–Trinajstić information content (AvgIpc) is 3.10. The molecule has 0 aliphatic carbocycles. The molecule has 6 rings (SSSR count). The van der Waals surface area contributed by atoms with Crippen LogP contribution in [0.1, 0.15) is 11.1 Å². The zero-order valence-electron chi connectivity index (χ0n) is 25.0. The molecule has 0 aliphatic rings. The Kier molecular flexibility index (Phi) is 19.8. The molecular weight excluding hydrogens is 670 g/mol. The monoisotopic (exact) mass is 700 g/mol. The van der Waals surface area contributed by atoms with E-state index in [9.17, 15) is 15.0 Å². The predicted molar refractivity (Wildman–Crippen MR) is 173 cm³/mol. The second-order valence-corrected chi connectivity index (χ2v) is 8.81. The predicted octanol–water partition coefficient (Wildman–Crippen LogP) is 3.07. The average molecular weight is 701 g/mol. The summed E-state index contributed by atoms with van der Waals surface area (Å²) in [5.74, 6) is -1.53. The van der Waals surface area contributed by atoms with Crippen molar-refractivity contribution in [2.45, 2.75) is 5.60 Å². The van der Waals surface area contributed by atoms with E-state index in [1.807, 2.05) is 72.8 Å². The van der Waals surface area contributed by atoms with Crippen molar-refractivity contribution in [3.63, 3.8) is 0 Å². The Bertz CT molecular complexity index is 1520. The van der Waals surface area contributed by atoms with Gasteiger partial charge in [-0.05, 0) is 59.7 Å². The molecule has 4 aromatic heterocycles. The molecule has 0 saturated heterocycles. The van der Waals surface area contributed by atoms with Gasteiger partial charge in [-0.2, -0.15) is 0 Å². The molecule has 48 heavy (non-hydrogen) atoms. The van der Waals surface area contributed by atoms with Gasteiger partial charge in [0.1, 0.15) is 0 Å². The number of hydrogen-bond acceptors (Lipinski definition) is 10. The van der Waals surface area contributed by atoms with Crippen LogP contribution in [-0.4, -0.2) is 47.1 Å². The molecular formula is C34H31CuN5O8. The number of carbonyl (C=O) groups is 1. The van der Waals surface area contributed by atoms with Crippen LogP contribution in [0.3, 0.4) is 0 Å². The second-order valence-electron chi connectivity index (χ2n) is 8.81. The first kappa shape index (κ1) is 42.1. The van der Waals surface area contributed by atoms with Crippen molar-refractivity contribution in [2.24, 2.45) is 0 Å². The van der Waals surface area contributed by atoms with Crippen molar-refractivity contribution < 1.29 is 48.1 Å². The Hall–Kier alpha value is -5.89. The van der Waals surface area contributed by atoms with Crippen molar-refractivity contribution in [1.29, 1.82) is 0 Å². The van der Waals surface area contributed by atoms with Gasteiger partial charge < -0.3 is 41.3 Å². The largest absolute Gasteiger partial charge is 2.00 e. The normalized spacial score (nSPS) is 9.27. The third kappa shape index (κ3) is 13.2. The van der Waals surface area contributed by atoms with E-state index >= 15 is 0 Å². The van der Waals surface area contributed by atoms with Gasteiger partial charge in [-0.3, -0.25) is 19.9 Å². The number of benzene rings is 2. The molecule has 0 amide bonds. The summed E-state index contributed by atoms with van der Waals surface area (Å²) in [5.41, 5.74) is 2.12. The zero-order chi connectivity index (χ0) is 32.3. The van der Waals surface area contributed by atoms with Crippen LogP contribution in [0.15, 0.2) is 158 Å². The van der Waals surface area contributed by atoms with Crippen molar-refractivity contribution in [1.82, 2.24) is 19.9 Å². The van der Waals surface area contributed by atoms with Gasteiger partial charge in [0.25, 0.3) is 0 Å². The molecule has 251 valence electrons. The molecule has 0 fully saturated rings. The van der Waals surface area contributed by atoms with E-state index in [1.54, 1.807) is 85.5 Å². The molecule has 14 heteroatoms. The molecule has 0 bridgehead atoms. The molecule has 1 radical (unpaired) electrons. The fourth-order valence-electron chi connectivity index (χ4n) is 3.82. The van der Waals surface area contributed by atoms with Crippen molar-refractivity contribution >= 4 is 5.97 Å². The van der Waals surface area contributed by atoms with Gasteiger partial charge in [-0.1, -0.05) is 84.9 Å². The van der Waals surface area contributed by atoms with Gasteiger partial charge in [-0.25, -0.2) is 0 Å². The van der Waals surface area contributed by atoms with Gasteiger partial charge in [0.15, 0.2) is 5.60 Å². The minimum atomic E-state index is -2.11.